The summed E-state index contributed by atoms with van der Waals surface area (Å²) in [6.07, 6.45) is 0. The van der Waals surface area contributed by atoms with Crippen LogP contribution in [-0.2, 0) is 0 Å². The number of hydrogen-bond donors (Lipinski definition) is 1. The second kappa shape index (κ2) is 6.76. The van der Waals surface area contributed by atoms with Crippen LogP contribution in [0.25, 0.3) is 11.0 Å². The van der Waals surface area contributed by atoms with Crippen LogP contribution in [0.2, 0.25) is 0 Å². The van der Waals surface area contributed by atoms with Gasteiger partial charge in [0.15, 0.2) is 11.3 Å². The Morgan fingerprint density at radius 3 is 2.60 bits per heavy atom. The molecule has 1 amide bonds. The van der Waals surface area contributed by atoms with Gasteiger partial charge in [0.1, 0.15) is 11.4 Å². The third-order valence-electron chi connectivity index (χ3n) is 3.91. The van der Waals surface area contributed by atoms with Gasteiger partial charge < -0.3 is 14.5 Å². The maximum Gasteiger partial charge on any atom is 0.349 e. The lowest BCUT2D eigenvalue weighted by Gasteiger charge is -2.14. The van der Waals surface area contributed by atoms with Crippen molar-refractivity contribution in [2.75, 3.05) is 7.11 Å². The SMILES string of the molecule is COc1cccc2cc(C(=O)N[C@H](C)c3ccc(F)cc3)c(=O)oc12. The van der Waals surface area contributed by atoms with Gasteiger partial charge in [0.25, 0.3) is 5.91 Å². The van der Waals surface area contributed by atoms with Crippen molar-refractivity contribution >= 4 is 16.9 Å². The highest BCUT2D eigenvalue weighted by Crippen LogP contribution is 2.24. The number of fused-ring (bicyclic) bond motifs is 1. The maximum absolute atomic E-state index is 13.0. The number of halogens is 1. The van der Waals surface area contributed by atoms with Gasteiger partial charge in [-0.25, -0.2) is 9.18 Å². The van der Waals surface area contributed by atoms with Gasteiger partial charge in [0.2, 0.25) is 0 Å². The average molecular weight is 341 g/mol. The number of benzene rings is 2. The van der Waals surface area contributed by atoms with Crippen LogP contribution < -0.4 is 15.7 Å². The highest BCUT2D eigenvalue weighted by Gasteiger charge is 2.18. The van der Waals surface area contributed by atoms with Crippen LogP contribution in [0.3, 0.4) is 0 Å². The minimum absolute atomic E-state index is 0.102. The van der Waals surface area contributed by atoms with E-state index in [2.05, 4.69) is 5.32 Å². The first kappa shape index (κ1) is 16.7. The average Bonchev–Trinajstić information content (AvgIpc) is 2.61. The zero-order valence-electron chi connectivity index (χ0n) is 13.7. The van der Waals surface area contributed by atoms with Crippen molar-refractivity contribution in [3.63, 3.8) is 0 Å². The molecule has 6 heteroatoms. The van der Waals surface area contributed by atoms with Crippen LogP contribution in [0.5, 0.6) is 5.75 Å². The topological polar surface area (TPSA) is 68.5 Å². The van der Waals surface area contributed by atoms with Crippen LogP contribution in [0, 0.1) is 5.82 Å². The molecule has 0 aliphatic heterocycles. The number of carbonyl (C=O) groups is 1. The normalized spacial score (nSPS) is 12.0. The van der Waals surface area contributed by atoms with Crippen molar-refractivity contribution in [1.82, 2.24) is 5.32 Å². The second-order valence-corrected chi connectivity index (χ2v) is 5.57. The molecule has 1 N–H and O–H groups in total. The van der Waals surface area contributed by atoms with Gasteiger partial charge in [-0.15, -0.1) is 0 Å². The fourth-order valence-corrected chi connectivity index (χ4v) is 2.55. The molecule has 25 heavy (non-hydrogen) atoms. The van der Waals surface area contributed by atoms with Gasteiger partial charge in [-0.2, -0.15) is 0 Å². The molecule has 3 aromatic rings. The number of rotatable bonds is 4. The second-order valence-electron chi connectivity index (χ2n) is 5.57. The molecule has 0 aliphatic carbocycles. The first-order valence-electron chi connectivity index (χ1n) is 7.67. The molecule has 0 radical (unpaired) electrons. The van der Waals surface area contributed by atoms with Crippen molar-refractivity contribution in [2.24, 2.45) is 0 Å². The molecule has 5 nitrogen and oxygen atoms in total. The number of ether oxygens (including phenoxy) is 1. The Balaban J connectivity index is 1.90. The Hall–Kier alpha value is -3.15. The summed E-state index contributed by atoms with van der Waals surface area (Å²) < 4.78 is 23.4. The van der Waals surface area contributed by atoms with E-state index in [-0.39, 0.29) is 17.0 Å². The third-order valence-corrected chi connectivity index (χ3v) is 3.91. The van der Waals surface area contributed by atoms with E-state index in [9.17, 15) is 14.0 Å². The third kappa shape index (κ3) is 3.38. The summed E-state index contributed by atoms with van der Waals surface area (Å²) in [7, 11) is 1.47. The van der Waals surface area contributed by atoms with Gasteiger partial charge in [-0.1, -0.05) is 24.3 Å². The zero-order chi connectivity index (χ0) is 18.0. The molecule has 128 valence electrons. The van der Waals surface area contributed by atoms with E-state index in [0.29, 0.717) is 11.1 Å². The minimum atomic E-state index is -0.749. The molecule has 1 aromatic heterocycles. The Morgan fingerprint density at radius 1 is 1.20 bits per heavy atom. The van der Waals surface area contributed by atoms with Crippen molar-refractivity contribution < 1.29 is 18.3 Å². The number of para-hydroxylation sites is 1. The summed E-state index contributed by atoms with van der Waals surface area (Å²) in [5.74, 6) is -0.497. The van der Waals surface area contributed by atoms with Crippen molar-refractivity contribution in [1.29, 1.82) is 0 Å². The maximum atomic E-state index is 13.0. The van der Waals surface area contributed by atoms with E-state index < -0.39 is 17.6 Å². The summed E-state index contributed by atoms with van der Waals surface area (Å²) in [5, 5.41) is 3.30. The molecular weight excluding hydrogens is 325 g/mol. The zero-order valence-corrected chi connectivity index (χ0v) is 13.7. The van der Waals surface area contributed by atoms with E-state index in [1.165, 1.54) is 25.3 Å². The van der Waals surface area contributed by atoms with Crippen LogP contribution in [0.1, 0.15) is 28.9 Å². The largest absolute Gasteiger partial charge is 0.493 e. The smallest absolute Gasteiger partial charge is 0.349 e. The molecule has 0 saturated heterocycles. The minimum Gasteiger partial charge on any atom is -0.493 e. The number of nitrogens with one attached hydrogen (secondary N) is 1. The van der Waals surface area contributed by atoms with Crippen molar-refractivity contribution in [3.05, 3.63) is 75.9 Å². The molecule has 0 fully saturated rings. The monoisotopic (exact) mass is 341 g/mol. The van der Waals surface area contributed by atoms with E-state index in [0.717, 1.165) is 5.56 Å². The van der Waals surface area contributed by atoms with Gasteiger partial charge >= 0.3 is 5.63 Å². The molecule has 3 rings (SSSR count). The quantitative estimate of drug-likeness (QED) is 0.738. The standard InChI is InChI=1S/C19H16FNO4/c1-11(12-6-8-14(20)9-7-12)21-18(22)15-10-13-4-3-5-16(24-2)17(13)25-19(15)23/h3-11H,1-2H3,(H,21,22)/t11-/m1/s1. The van der Waals surface area contributed by atoms with Crippen LogP contribution >= 0.6 is 0 Å². The van der Waals surface area contributed by atoms with E-state index in [4.69, 9.17) is 9.15 Å². The van der Waals surface area contributed by atoms with E-state index in [1.54, 1.807) is 37.3 Å². The van der Waals surface area contributed by atoms with Crippen LogP contribution in [0.4, 0.5) is 4.39 Å². The van der Waals surface area contributed by atoms with Gasteiger partial charge in [-0.3, -0.25) is 4.79 Å². The first-order valence-corrected chi connectivity index (χ1v) is 7.67. The Bertz CT molecular complexity index is 979. The fourth-order valence-electron chi connectivity index (χ4n) is 2.55. The van der Waals surface area contributed by atoms with Crippen LogP contribution in [-0.4, -0.2) is 13.0 Å². The van der Waals surface area contributed by atoms with Gasteiger partial charge in [0.05, 0.1) is 13.2 Å². The number of carbonyl (C=O) groups excluding carboxylic acids is 1. The van der Waals surface area contributed by atoms with Gasteiger partial charge in [-0.05, 0) is 36.8 Å². The summed E-state index contributed by atoms with van der Waals surface area (Å²) >= 11 is 0. The molecular formula is C19H16FNO4. The summed E-state index contributed by atoms with van der Waals surface area (Å²) in [5.41, 5.74) is 0.162. The van der Waals surface area contributed by atoms with E-state index in [1.807, 2.05) is 0 Å². The van der Waals surface area contributed by atoms with Gasteiger partial charge in [0, 0.05) is 5.39 Å². The highest BCUT2D eigenvalue weighted by atomic mass is 19.1. The van der Waals surface area contributed by atoms with Crippen molar-refractivity contribution in [3.8, 4) is 5.75 Å². The van der Waals surface area contributed by atoms with Crippen molar-refractivity contribution in [2.45, 2.75) is 13.0 Å². The Labute approximate surface area is 143 Å². The Kier molecular flexibility index (Phi) is 4.52. The predicted octanol–water partition coefficient (Wildman–Crippen LogP) is 3.43. The number of amides is 1. The summed E-state index contributed by atoms with van der Waals surface area (Å²) in [4.78, 5) is 24.6. The highest BCUT2D eigenvalue weighted by molar-refractivity contribution is 5.97. The molecule has 2 aromatic carbocycles. The summed E-state index contributed by atoms with van der Waals surface area (Å²) in [6.45, 7) is 1.75. The predicted molar refractivity (Wildman–Crippen MR) is 91.3 cm³/mol. The summed E-state index contributed by atoms with van der Waals surface area (Å²) in [6, 6.07) is 12.0. The molecule has 1 atom stereocenters. The number of methoxy groups -OCH3 is 1. The fraction of sp³-hybridized carbons (Fsp3) is 0.158. The lowest BCUT2D eigenvalue weighted by molar-refractivity contribution is 0.0936. The lowest BCUT2D eigenvalue weighted by Crippen LogP contribution is -2.30. The molecule has 0 bridgehead atoms. The van der Waals surface area contributed by atoms with Crippen LogP contribution in [0.15, 0.2) is 57.7 Å². The molecule has 0 unspecified atom stereocenters. The molecule has 0 saturated carbocycles. The lowest BCUT2D eigenvalue weighted by atomic mass is 10.1. The van der Waals surface area contributed by atoms with E-state index >= 15 is 0 Å². The number of hydrogen-bond acceptors (Lipinski definition) is 4. The molecule has 1 heterocycles. The first-order chi connectivity index (χ1) is 12.0. The molecule has 0 spiro atoms. The Morgan fingerprint density at radius 2 is 1.92 bits per heavy atom. The molecule has 0 aliphatic rings.